The lowest BCUT2D eigenvalue weighted by Crippen LogP contribution is -2.14. The van der Waals surface area contributed by atoms with E-state index in [0.717, 1.165) is 0 Å². The summed E-state index contributed by atoms with van der Waals surface area (Å²) >= 11 is 1.24. The van der Waals surface area contributed by atoms with Gasteiger partial charge in [0, 0.05) is 10.9 Å². The molecule has 0 saturated carbocycles. The van der Waals surface area contributed by atoms with Crippen molar-refractivity contribution in [1.82, 2.24) is 4.98 Å². The molecule has 6 nitrogen and oxygen atoms in total. The molecule has 0 saturated heterocycles. The van der Waals surface area contributed by atoms with Crippen molar-refractivity contribution in [2.24, 2.45) is 5.16 Å². The van der Waals surface area contributed by atoms with E-state index in [9.17, 15) is 9.90 Å². The number of phenols is 1. The average molecular weight is 291 g/mol. The number of carbonyl (C=O) groups excluding carboxylic acids is 1. The van der Waals surface area contributed by atoms with Crippen LogP contribution in [0.15, 0.2) is 34.8 Å². The fourth-order valence-electron chi connectivity index (χ4n) is 1.55. The second-order valence-corrected chi connectivity index (χ2v) is 4.94. The summed E-state index contributed by atoms with van der Waals surface area (Å²) in [5.41, 5.74) is 1.44. The molecule has 0 spiro atoms. The first-order valence-corrected chi connectivity index (χ1v) is 6.69. The van der Waals surface area contributed by atoms with Crippen LogP contribution in [-0.2, 0) is 11.2 Å². The van der Waals surface area contributed by atoms with E-state index < -0.39 is 0 Å². The van der Waals surface area contributed by atoms with Gasteiger partial charge in [0.2, 0.25) is 5.91 Å². The maximum atomic E-state index is 11.8. The van der Waals surface area contributed by atoms with Gasteiger partial charge in [-0.15, -0.1) is 11.3 Å². The first-order chi connectivity index (χ1) is 9.60. The highest BCUT2D eigenvalue weighted by Crippen LogP contribution is 2.19. The van der Waals surface area contributed by atoms with Crippen LogP contribution in [0.25, 0.3) is 0 Å². The van der Waals surface area contributed by atoms with Crippen LogP contribution < -0.4 is 5.32 Å². The minimum atomic E-state index is -0.272. The Morgan fingerprint density at radius 1 is 1.45 bits per heavy atom. The summed E-state index contributed by atoms with van der Waals surface area (Å²) in [4.78, 5) is 16.0. The van der Waals surface area contributed by atoms with Gasteiger partial charge in [0.05, 0.1) is 6.42 Å². The Labute approximate surface area is 119 Å². The van der Waals surface area contributed by atoms with E-state index in [0.29, 0.717) is 22.1 Å². The fraction of sp³-hybridized carbons (Fsp3) is 0.154. The minimum absolute atomic E-state index is 0.0641. The quantitative estimate of drug-likeness (QED) is 0.457. The van der Waals surface area contributed by atoms with Gasteiger partial charge in [-0.05, 0) is 13.0 Å². The first-order valence-electron chi connectivity index (χ1n) is 5.81. The smallest absolute Gasteiger partial charge is 0.230 e. The molecule has 1 aromatic heterocycles. The molecule has 0 bridgehead atoms. The molecule has 0 aliphatic carbocycles. The number of carbonyl (C=O) groups is 1. The number of phenolic OH excluding ortho intramolecular Hbond substituents is 1. The number of rotatable bonds is 4. The maximum absolute atomic E-state index is 11.8. The molecule has 1 amide bonds. The summed E-state index contributed by atoms with van der Waals surface area (Å²) < 4.78 is 0. The maximum Gasteiger partial charge on any atom is 0.230 e. The number of oxime groups is 1. The second kappa shape index (κ2) is 6.16. The molecule has 2 aromatic rings. The number of benzene rings is 1. The van der Waals surface area contributed by atoms with E-state index in [1.54, 1.807) is 30.5 Å². The van der Waals surface area contributed by atoms with Crippen LogP contribution >= 0.6 is 11.3 Å². The largest absolute Gasteiger partial charge is 0.508 e. The monoisotopic (exact) mass is 291 g/mol. The standard InChI is InChI=1S/C13H13N3O3S/c1-8(16-19)10-7-20-13(14-10)15-12(18)6-9-4-2-3-5-11(9)17/h2-5,7,17,19H,6H2,1H3,(H,14,15,18)/b16-8-. The average Bonchev–Trinajstić information content (AvgIpc) is 2.89. The minimum Gasteiger partial charge on any atom is -0.508 e. The molecule has 2 rings (SSSR count). The highest BCUT2D eigenvalue weighted by Gasteiger charge is 2.10. The van der Waals surface area contributed by atoms with Crippen LogP contribution in [0.2, 0.25) is 0 Å². The predicted octanol–water partition coefficient (Wildman–Crippen LogP) is 2.23. The Hall–Kier alpha value is -2.41. The lowest BCUT2D eigenvalue weighted by atomic mass is 10.1. The van der Waals surface area contributed by atoms with Crippen LogP contribution in [0.3, 0.4) is 0 Å². The van der Waals surface area contributed by atoms with Crippen molar-refractivity contribution < 1.29 is 15.1 Å². The van der Waals surface area contributed by atoms with Gasteiger partial charge in [-0.1, -0.05) is 23.4 Å². The van der Waals surface area contributed by atoms with Gasteiger partial charge < -0.3 is 15.6 Å². The van der Waals surface area contributed by atoms with Crippen LogP contribution in [0.5, 0.6) is 5.75 Å². The van der Waals surface area contributed by atoms with Crippen molar-refractivity contribution in [2.75, 3.05) is 5.32 Å². The molecule has 0 atom stereocenters. The van der Waals surface area contributed by atoms with Gasteiger partial charge in [-0.2, -0.15) is 0 Å². The van der Waals surface area contributed by atoms with Crippen molar-refractivity contribution in [1.29, 1.82) is 0 Å². The number of hydrogen-bond acceptors (Lipinski definition) is 6. The summed E-state index contributed by atoms with van der Waals surface area (Å²) in [5, 5.41) is 26.0. The Balaban J connectivity index is 2.02. The van der Waals surface area contributed by atoms with Gasteiger partial charge in [-0.25, -0.2) is 4.98 Å². The van der Waals surface area contributed by atoms with E-state index in [2.05, 4.69) is 15.5 Å². The Morgan fingerprint density at radius 2 is 2.20 bits per heavy atom. The third kappa shape index (κ3) is 3.33. The van der Waals surface area contributed by atoms with E-state index in [-0.39, 0.29) is 18.1 Å². The first kappa shape index (κ1) is 14.0. The molecular weight excluding hydrogens is 278 g/mol. The van der Waals surface area contributed by atoms with Crippen LogP contribution in [0.4, 0.5) is 5.13 Å². The van der Waals surface area contributed by atoms with Gasteiger partial charge in [0.25, 0.3) is 0 Å². The summed E-state index contributed by atoms with van der Waals surface area (Å²) in [6, 6.07) is 6.67. The number of para-hydroxylation sites is 1. The van der Waals surface area contributed by atoms with Crippen LogP contribution in [0, 0.1) is 0 Å². The van der Waals surface area contributed by atoms with E-state index in [1.807, 2.05) is 0 Å². The summed E-state index contributed by atoms with van der Waals surface area (Å²) in [7, 11) is 0. The lowest BCUT2D eigenvalue weighted by molar-refractivity contribution is -0.115. The molecule has 1 heterocycles. The highest BCUT2D eigenvalue weighted by molar-refractivity contribution is 7.14. The van der Waals surface area contributed by atoms with E-state index in [4.69, 9.17) is 5.21 Å². The number of anilines is 1. The Bertz CT molecular complexity index is 652. The van der Waals surface area contributed by atoms with Crippen molar-refractivity contribution in [3.8, 4) is 5.75 Å². The summed E-state index contributed by atoms with van der Waals surface area (Å²) in [5.74, 6) is -0.184. The van der Waals surface area contributed by atoms with E-state index >= 15 is 0 Å². The molecule has 0 aliphatic heterocycles. The van der Waals surface area contributed by atoms with Crippen molar-refractivity contribution in [2.45, 2.75) is 13.3 Å². The number of nitrogens with one attached hydrogen (secondary N) is 1. The number of hydrogen-bond donors (Lipinski definition) is 3. The zero-order valence-corrected chi connectivity index (χ0v) is 11.5. The molecular formula is C13H13N3O3S. The molecule has 0 radical (unpaired) electrons. The van der Waals surface area contributed by atoms with Gasteiger partial charge >= 0.3 is 0 Å². The Morgan fingerprint density at radius 3 is 2.90 bits per heavy atom. The second-order valence-electron chi connectivity index (χ2n) is 4.08. The zero-order chi connectivity index (χ0) is 14.5. The number of thiazole rings is 1. The van der Waals surface area contributed by atoms with Crippen LogP contribution in [-0.4, -0.2) is 26.9 Å². The lowest BCUT2D eigenvalue weighted by Gasteiger charge is -2.03. The third-order valence-corrected chi connectivity index (χ3v) is 3.37. The molecule has 7 heteroatoms. The van der Waals surface area contributed by atoms with Crippen LogP contribution in [0.1, 0.15) is 18.2 Å². The van der Waals surface area contributed by atoms with Crippen molar-refractivity contribution in [3.05, 3.63) is 40.9 Å². The third-order valence-electron chi connectivity index (χ3n) is 2.61. The predicted molar refractivity (Wildman–Crippen MR) is 76.6 cm³/mol. The molecule has 0 aliphatic rings. The van der Waals surface area contributed by atoms with Gasteiger partial charge in [-0.3, -0.25) is 4.79 Å². The van der Waals surface area contributed by atoms with Crippen molar-refractivity contribution in [3.63, 3.8) is 0 Å². The number of aromatic nitrogens is 1. The topological polar surface area (TPSA) is 94.8 Å². The zero-order valence-electron chi connectivity index (χ0n) is 10.7. The molecule has 1 aromatic carbocycles. The molecule has 3 N–H and O–H groups in total. The molecule has 20 heavy (non-hydrogen) atoms. The summed E-state index contributed by atoms with van der Waals surface area (Å²) in [6.45, 7) is 1.61. The number of aromatic hydroxyl groups is 1. The highest BCUT2D eigenvalue weighted by atomic mass is 32.1. The SMILES string of the molecule is C/C(=N/O)c1csc(NC(=O)Cc2ccccc2O)n1. The Kier molecular flexibility index (Phi) is 4.31. The summed E-state index contributed by atoms with van der Waals surface area (Å²) in [6.07, 6.45) is 0.0641. The number of amides is 1. The fourth-order valence-corrected chi connectivity index (χ4v) is 2.32. The molecule has 0 fully saturated rings. The molecule has 0 unspecified atom stereocenters. The normalized spacial score (nSPS) is 11.3. The van der Waals surface area contributed by atoms with Crippen molar-refractivity contribution >= 4 is 28.1 Å². The molecule has 104 valence electrons. The number of nitrogens with zero attached hydrogens (tertiary/aromatic N) is 2. The van der Waals surface area contributed by atoms with Gasteiger partial charge in [0.15, 0.2) is 5.13 Å². The van der Waals surface area contributed by atoms with E-state index in [1.165, 1.54) is 17.4 Å². The van der Waals surface area contributed by atoms with Gasteiger partial charge in [0.1, 0.15) is 17.2 Å².